The summed E-state index contributed by atoms with van der Waals surface area (Å²) < 4.78 is 41.9. The van der Waals surface area contributed by atoms with Crippen LogP contribution in [-0.4, -0.2) is 23.9 Å². The molecule has 3 nitrogen and oxygen atoms in total. The number of ether oxygens (including phenoxy) is 1. The summed E-state index contributed by atoms with van der Waals surface area (Å²) in [6, 6.07) is 6.89. The molecule has 1 atom stereocenters. The van der Waals surface area contributed by atoms with Gasteiger partial charge in [0, 0.05) is 0 Å². The quantitative estimate of drug-likeness (QED) is 0.870. The molecule has 0 aromatic heterocycles. The van der Waals surface area contributed by atoms with Crippen LogP contribution in [0, 0.1) is 0 Å². The number of carbonyl (C=O) groups is 1. The Morgan fingerprint density at radius 2 is 1.88 bits per heavy atom. The molecule has 1 aromatic rings. The molecule has 1 N–H and O–H groups in total. The molecule has 1 rings (SSSR count). The van der Waals surface area contributed by atoms with Gasteiger partial charge >= 0.3 is 12.1 Å². The number of carboxylic acid groups (broad SMARTS) is 1. The molecule has 1 aromatic carbocycles. The summed E-state index contributed by atoms with van der Waals surface area (Å²) in [7, 11) is 0. The number of halogens is 3. The molecule has 0 aliphatic rings. The van der Waals surface area contributed by atoms with Gasteiger partial charge in [0.15, 0.2) is 6.10 Å². The fraction of sp³-hybridized carbons (Fsp3) is 0.300. The van der Waals surface area contributed by atoms with Crippen molar-refractivity contribution in [1.29, 1.82) is 0 Å². The average molecular weight is 234 g/mol. The lowest BCUT2D eigenvalue weighted by molar-refractivity contribution is -0.225. The number of aliphatic carboxylic acids is 1. The van der Waals surface area contributed by atoms with Gasteiger partial charge in [0.2, 0.25) is 0 Å². The smallest absolute Gasteiger partial charge is 0.418 e. The maximum atomic E-state index is 12.5. The van der Waals surface area contributed by atoms with Gasteiger partial charge in [-0.2, -0.15) is 13.2 Å². The first kappa shape index (κ1) is 12.5. The average Bonchev–Trinajstić information content (AvgIpc) is 2.17. The molecule has 0 fully saturated rings. The van der Waals surface area contributed by atoms with Crippen LogP contribution < -0.4 is 0 Å². The van der Waals surface area contributed by atoms with Crippen molar-refractivity contribution < 1.29 is 27.8 Å². The lowest BCUT2D eigenvalue weighted by Crippen LogP contribution is -2.25. The molecular weight excluding hydrogens is 225 g/mol. The van der Waals surface area contributed by atoms with Crippen LogP contribution in [0.3, 0.4) is 0 Å². The van der Waals surface area contributed by atoms with E-state index in [1.54, 1.807) is 6.07 Å². The Kier molecular flexibility index (Phi) is 3.89. The summed E-state index contributed by atoms with van der Waals surface area (Å²) >= 11 is 0. The van der Waals surface area contributed by atoms with E-state index >= 15 is 0 Å². The minimum Gasteiger partial charge on any atom is -0.480 e. The van der Waals surface area contributed by atoms with Crippen molar-refractivity contribution in [2.24, 2.45) is 0 Å². The molecule has 6 heteroatoms. The van der Waals surface area contributed by atoms with Crippen LogP contribution in [0.25, 0.3) is 0 Å². The molecule has 16 heavy (non-hydrogen) atoms. The fourth-order valence-corrected chi connectivity index (χ4v) is 1.16. The molecule has 0 unspecified atom stereocenters. The standard InChI is InChI=1S/C10H9F3O3/c11-10(12,13)9(16-6-8(14)15)7-4-2-1-3-5-7/h1-5,9H,6H2,(H,14,15)/t9-/m1/s1. The van der Waals surface area contributed by atoms with Crippen LogP contribution in [0.1, 0.15) is 11.7 Å². The van der Waals surface area contributed by atoms with Gasteiger partial charge in [-0.05, 0) is 5.56 Å². The number of carboxylic acids is 1. The molecule has 0 amide bonds. The van der Waals surface area contributed by atoms with E-state index in [4.69, 9.17) is 5.11 Å². The molecule has 0 saturated carbocycles. The SMILES string of the molecule is O=C(O)CO[C@H](c1ccccc1)C(F)(F)F. The van der Waals surface area contributed by atoms with Gasteiger partial charge in [-0.15, -0.1) is 0 Å². The van der Waals surface area contributed by atoms with Gasteiger partial charge in [0.1, 0.15) is 6.61 Å². The molecular formula is C10H9F3O3. The Morgan fingerprint density at radius 3 is 2.31 bits per heavy atom. The first-order valence-electron chi connectivity index (χ1n) is 4.36. The Labute approximate surface area is 89.5 Å². The van der Waals surface area contributed by atoms with Crippen LogP contribution in [-0.2, 0) is 9.53 Å². The topological polar surface area (TPSA) is 46.5 Å². The van der Waals surface area contributed by atoms with E-state index in [1.165, 1.54) is 24.3 Å². The highest BCUT2D eigenvalue weighted by Gasteiger charge is 2.42. The van der Waals surface area contributed by atoms with E-state index in [0.717, 1.165) is 0 Å². The van der Waals surface area contributed by atoms with E-state index in [2.05, 4.69) is 4.74 Å². The van der Waals surface area contributed by atoms with Gasteiger partial charge < -0.3 is 9.84 Å². The maximum Gasteiger partial charge on any atom is 0.418 e. The number of hydrogen-bond donors (Lipinski definition) is 1. The summed E-state index contributed by atoms with van der Waals surface area (Å²) in [5.41, 5.74) is -0.115. The summed E-state index contributed by atoms with van der Waals surface area (Å²) in [5, 5.41) is 8.28. The minimum absolute atomic E-state index is 0.115. The van der Waals surface area contributed by atoms with Crippen molar-refractivity contribution in [2.75, 3.05) is 6.61 Å². The highest BCUT2D eigenvalue weighted by atomic mass is 19.4. The summed E-state index contributed by atoms with van der Waals surface area (Å²) in [5.74, 6) is -1.44. The monoisotopic (exact) mass is 234 g/mol. The molecule has 0 spiro atoms. The number of hydrogen-bond acceptors (Lipinski definition) is 2. The third-order valence-corrected chi connectivity index (χ3v) is 1.77. The second kappa shape index (κ2) is 4.98. The Hall–Kier alpha value is -1.56. The number of rotatable bonds is 4. The molecule has 0 aliphatic carbocycles. The van der Waals surface area contributed by atoms with Crippen LogP contribution in [0.2, 0.25) is 0 Å². The first-order valence-corrected chi connectivity index (χ1v) is 4.36. The van der Waals surface area contributed by atoms with Crippen molar-refractivity contribution in [3.8, 4) is 0 Å². The van der Waals surface area contributed by atoms with E-state index in [-0.39, 0.29) is 5.56 Å². The molecule has 0 radical (unpaired) electrons. The van der Waals surface area contributed by atoms with Crippen LogP contribution in [0.4, 0.5) is 13.2 Å². The second-order valence-electron chi connectivity index (χ2n) is 3.04. The predicted octanol–water partition coefficient (Wildman–Crippen LogP) is 2.39. The van der Waals surface area contributed by atoms with Crippen molar-refractivity contribution in [3.05, 3.63) is 35.9 Å². The second-order valence-corrected chi connectivity index (χ2v) is 3.04. The molecule has 0 aliphatic heterocycles. The largest absolute Gasteiger partial charge is 0.480 e. The van der Waals surface area contributed by atoms with E-state index in [0.29, 0.717) is 0 Å². The van der Waals surface area contributed by atoms with Gasteiger partial charge in [0.25, 0.3) is 0 Å². The highest BCUT2D eigenvalue weighted by Crippen LogP contribution is 2.35. The molecule has 0 saturated heterocycles. The van der Waals surface area contributed by atoms with E-state index in [1.807, 2.05) is 0 Å². The Balaban J connectivity index is 2.84. The van der Waals surface area contributed by atoms with E-state index in [9.17, 15) is 18.0 Å². The minimum atomic E-state index is -4.63. The third kappa shape index (κ3) is 3.54. The van der Waals surface area contributed by atoms with E-state index < -0.39 is 24.9 Å². The normalized spacial score (nSPS) is 13.4. The first-order chi connectivity index (χ1) is 7.41. The molecule has 0 heterocycles. The highest BCUT2D eigenvalue weighted by molar-refractivity contribution is 5.68. The summed E-state index contributed by atoms with van der Waals surface area (Å²) in [6.45, 7) is -0.987. The molecule has 0 bridgehead atoms. The van der Waals surface area contributed by atoms with Gasteiger partial charge in [-0.1, -0.05) is 30.3 Å². The Bertz CT molecular complexity index is 348. The van der Waals surface area contributed by atoms with Gasteiger partial charge in [-0.3, -0.25) is 0 Å². The fourth-order valence-electron chi connectivity index (χ4n) is 1.16. The zero-order valence-electron chi connectivity index (χ0n) is 8.07. The maximum absolute atomic E-state index is 12.5. The summed E-state index contributed by atoms with van der Waals surface area (Å²) in [4.78, 5) is 10.2. The van der Waals surface area contributed by atoms with Crippen LogP contribution in [0.5, 0.6) is 0 Å². The van der Waals surface area contributed by atoms with Crippen molar-refractivity contribution in [1.82, 2.24) is 0 Å². The zero-order chi connectivity index (χ0) is 12.2. The van der Waals surface area contributed by atoms with Crippen molar-refractivity contribution in [2.45, 2.75) is 12.3 Å². The number of alkyl halides is 3. The zero-order valence-corrected chi connectivity index (χ0v) is 8.07. The number of benzene rings is 1. The van der Waals surface area contributed by atoms with Gasteiger partial charge in [0.05, 0.1) is 0 Å². The van der Waals surface area contributed by atoms with Crippen LogP contribution >= 0.6 is 0 Å². The van der Waals surface area contributed by atoms with Crippen molar-refractivity contribution in [3.63, 3.8) is 0 Å². The lowest BCUT2D eigenvalue weighted by atomic mass is 10.1. The van der Waals surface area contributed by atoms with Crippen LogP contribution in [0.15, 0.2) is 30.3 Å². The van der Waals surface area contributed by atoms with Crippen molar-refractivity contribution >= 4 is 5.97 Å². The lowest BCUT2D eigenvalue weighted by Gasteiger charge is -2.20. The molecule has 88 valence electrons. The predicted molar refractivity (Wildman–Crippen MR) is 48.8 cm³/mol. The summed E-state index contributed by atoms with van der Waals surface area (Å²) in [6.07, 6.45) is -6.83. The Morgan fingerprint density at radius 1 is 1.31 bits per heavy atom. The van der Waals surface area contributed by atoms with Gasteiger partial charge in [-0.25, -0.2) is 4.79 Å². The third-order valence-electron chi connectivity index (χ3n) is 1.77.